The van der Waals surface area contributed by atoms with E-state index in [1.54, 1.807) is 41.7 Å². The van der Waals surface area contributed by atoms with Crippen LogP contribution in [0.15, 0.2) is 30.5 Å². The first-order valence-electron chi connectivity index (χ1n) is 10.9. The van der Waals surface area contributed by atoms with E-state index >= 15 is 0 Å². The molecule has 5 heterocycles. The van der Waals surface area contributed by atoms with E-state index in [0.717, 1.165) is 39.6 Å². The summed E-state index contributed by atoms with van der Waals surface area (Å²) in [5.74, 6) is 2.04. The molecule has 5 rings (SSSR count). The van der Waals surface area contributed by atoms with Crippen molar-refractivity contribution < 1.29 is 19.0 Å². The molecule has 172 valence electrons. The number of fused-ring (bicyclic) bond motifs is 1. The van der Waals surface area contributed by atoms with Gasteiger partial charge in [0.2, 0.25) is 11.8 Å². The zero-order valence-electron chi connectivity index (χ0n) is 18.4. The quantitative estimate of drug-likeness (QED) is 0.529. The Bertz CT molecular complexity index is 1150. The number of hydrogen-bond acceptors (Lipinski definition) is 9. The molecule has 3 aromatic heterocycles. The van der Waals surface area contributed by atoms with Crippen molar-refractivity contribution in [3.05, 3.63) is 35.3 Å². The second-order valence-corrected chi connectivity index (χ2v) is 8.78. The fourth-order valence-electron chi connectivity index (χ4n) is 3.81. The highest BCUT2D eigenvalue weighted by Crippen LogP contribution is 2.35. The first-order chi connectivity index (χ1) is 16.2. The number of nitrogens with zero attached hydrogens (tertiary/aromatic N) is 5. The second-order valence-electron chi connectivity index (χ2n) is 7.69. The van der Waals surface area contributed by atoms with Crippen LogP contribution in [0.1, 0.15) is 4.88 Å². The molecule has 33 heavy (non-hydrogen) atoms. The monoisotopic (exact) mass is 467 g/mol. The Morgan fingerprint density at radius 3 is 2.55 bits per heavy atom. The molecule has 2 aliphatic heterocycles. The lowest BCUT2D eigenvalue weighted by Gasteiger charge is -2.28. The number of aromatic nitrogens is 3. The third kappa shape index (κ3) is 4.82. The Kier molecular flexibility index (Phi) is 6.47. The molecule has 0 radical (unpaired) electrons. The smallest absolute Gasteiger partial charge is 0.246 e. The van der Waals surface area contributed by atoms with Crippen molar-refractivity contribution in [1.82, 2.24) is 19.9 Å². The molecule has 3 aromatic rings. The van der Waals surface area contributed by atoms with E-state index in [1.165, 1.54) is 0 Å². The Balaban J connectivity index is 1.49. The molecule has 0 bridgehead atoms. The molecule has 2 saturated heterocycles. The van der Waals surface area contributed by atoms with E-state index in [2.05, 4.69) is 9.88 Å². The molecule has 0 atom stereocenters. The number of methoxy groups -OCH3 is 1. The first kappa shape index (κ1) is 21.7. The lowest BCUT2D eigenvalue weighted by atomic mass is 10.2. The van der Waals surface area contributed by atoms with Crippen molar-refractivity contribution in [2.24, 2.45) is 0 Å². The first-order valence-corrected chi connectivity index (χ1v) is 11.7. The summed E-state index contributed by atoms with van der Waals surface area (Å²) in [6, 6.07) is 5.72. The minimum Gasteiger partial charge on any atom is -0.481 e. The number of pyridine rings is 1. The van der Waals surface area contributed by atoms with Crippen molar-refractivity contribution in [3.8, 4) is 17.3 Å². The van der Waals surface area contributed by atoms with Gasteiger partial charge in [0.25, 0.3) is 0 Å². The molecule has 2 aliphatic rings. The lowest BCUT2D eigenvalue weighted by molar-refractivity contribution is -0.129. The average molecular weight is 468 g/mol. The van der Waals surface area contributed by atoms with Gasteiger partial charge in [-0.3, -0.25) is 4.79 Å². The summed E-state index contributed by atoms with van der Waals surface area (Å²) in [6.07, 6.45) is 5.21. The summed E-state index contributed by atoms with van der Waals surface area (Å²) in [7, 11) is 1.59. The third-order valence-corrected chi connectivity index (χ3v) is 6.69. The van der Waals surface area contributed by atoms with E-state index in [9.17, 15) is 4.79 Å². The van der Waals surface area contributed by atoms with E-state index in [-0.39, 0.29) is 5.91 Å². The van der Waals surface area contributed by atoms with Crippen LogP contribution in [0.5, 0.6) is 5.88 Å². The maximum atomic E-state index is 12.5. The van der Waals surface area contributed by atoms with Crippen molar-refractivity contribution in [2.45, 2.75) is 0 Å². The number of amides is 1. The van der Waals surface area contributed by atoms with Crippen LogP contribution >= 0.6 is 11.3 Å². The Morgan fingerprint density at radius 2 is 1.85 bits per heavy atom. The van der Waals surface area contributed by atoms with Gasteiger partial charge < -0.3 is 24.0 Å². The van der Waals surface area contributed by atoms with Gasteiger partial charge in [-0.15, -0.1) is 11.3 Å². The number of ether oxygens (including phenoxy) is 3. The predicted octanol–water partition coefficient (Wildman–Crippen LogP) is 2.47. The zero-order chi connectivity index (χ0) is 22.6. The summed E-state index contributed by atoms with van der Waals surface area (Å²) in [5.41, 5.74) is 1.67. The van der Waals surface area contributed by atoms with Crippen LogP contribution in [0, 0.1) is 0 Å². The van der Waals surface area contributed by atoms with Crippen LogP contribution in [-0.2, 0) is 14.3 Å². The van der Waals surface area contributed by atoms with Crippen molar-refractivity contribution in [2.75, 3.05) is 64.6 Å². The molecule has 1 amide bonds. The number of carbonyl (C=O) groups excluding carboxylic acids is 1. The summed E-state index contributed by atoms with van der Waals surface area (Å²) < 4.78 is 17.0. The molecule has 0 N–H and O–H groups in total. The summed E-state index contributed by atoms with van der Waals surface area (Å²) in [5, 5.41) is 0. The van der Waals surface area contributed by atoms with Crippen LogP contribution in [0.25, 0.3) is 27.7 Å². The topological polar surface area (TPSA) is 89.9 Å². The minimum atomic E-state index is 0.000222. The van der Waals surface area contributed by atoms with Gasteiger partial charge in [0, 0.05) is 55.0 Å². The Labute approximate surface area is 195 Å². The normalized spacial score (nSPS) is 17.1. The zero-order valence-corrected chi connectivity index (χ0v) is 19.2. The average Bonchev–Trinajstić information content (AvgIpc) is 3.31. The Morgan fingerprint density at radius 1 is 1.09 bits per heavy atom. The second kappa shape index (κ2) is 9.82. The molecule has 0 spiro atoms. The van der Waals surface area contributed by atoms with E-state index < -0.39 is 0 Å². The SMILES string of the molecule is COc1ccc(-c2nc(N3CCOCC3)c3sc(/C=C/C(=O)N4CCOCC4)cc3n2)cn1. The predicted molar refractivity (Wildman–Crippen MR) is 127 cm³/mol. The van der Waals surface area contributed by atoms with Gasteiger partial charge in [-0.25, -0.2) is 15.0 Å². The Hall–Kier alpha value is -3.08. The van der Waals surface area contributed by atoms with E-state index in [0.29, 0.717) is 51.2 Å². The van der Waals surface area contributed by atoms with Gasteiger partial charge in [-0.05, 0) is 18.2 Å². The fraction of sp³-hybridized carbons (Fsp3) is 0.391. The highest BCUT2D eigenvalue weighted by molar-refractivity contribution is 7.20. The highest BCUT2D eigenvalue weighted by Gasteiger charge is 2.20. The van der Waals surface area contributed by atoms with Gasteiger partial charge in [0.1, 0.15) is 0 Å². The van der Waals surface area contributed by atoms with Gasteiger partial charge >= 0.3 is 0 Å². The van der Waals surface area contributed by atoms with Crippen LogP contribution in [-0.4, -0.2) is 85.5 Å². The van der Waals surface area contributed by atoms with Gasteiger partial charge in [0.15, 0.2) is 11.6 Å². The molecule has 0 aromatic carbocycles. The summed E-state index contributed by atoms with van der Waals surface area (Å²) in [4.78, 5) is 31.5. The molecule has 0 aliphatic carbocycles. The molecular weight excluding hydrogens is 442 g/mol. The standard InChI is InChI=1S/C23H25N5O4S/c1-30-19-4-2-16(15-24-19)22-25-18-14-17(3-5-20(29)27-6-10-31-11-7-27)33-21(18)23(26-22)28-8-12-32-13-9-28/h2-5,14-15H,6-13H2,1H3/b5-3+. The number of rotatable bonds is 5. The van der Waals surface area contributed by atoms with Crippen molar-refractivity contribution >= 4 is 39.4 Å². The third-order valence-electron chi connectivity index (χ3n) is 5.60. The van der Waals surface area contributed by atoms with Gasteiger partial charge in [0.05, 0.1) is 43.8 Å². The number of hydrogen-bond donors (Lipinski definition) is 0. The van der Waals surface area contributed by atoms with Crippen molar-refractivity contribution in [1.29, 1.82) is 0 Å². The van der Waals surface area contributed by atoms with Crippen LogP contribution in [0.3, 0.4) is 0 Å². The molecule has 9 nitrogen and oxygen atoms in total. The van der Waals surface area contributed by atoms with Crippen LogP contribution in [0.2, 0.25) is 0 Å². The molecule has 0 saturated carbocycles. The van der Waals surface area contributed by atoms with Gasteiger partial charge in [-0.1, -0.05) is 0 Å². The lowest BCUT2D eigenvalue weighted by Crippen LogP contribution is -2.39. The van der Waals surface area contributed by atoms with Gasteiger partial charge in [-0.2, -0.15) is 0 Å². The number of thiophene rings is 1. The van der Waals surface area contributed by atoms with E-state index in [1.807, 2.05) is 18.2 Å². The molecule has 10 heteroatoms. The number of anilines is 1. The number of carbonyl (C=O) groups is 1. The largest absolute Gasteiger partial charge is 0.481 e. The molecule has 0 unspecified atom stereocenters. The minimum absolute atomic E-state index is 0.000222. The summed E-state index contributed by atoms with van der Waals surface area (Å²) >= 11 is 1.59. The van der Waals surface area contributed by atoms with Crippen LogP contribution in [0.4, 0.5) is 5.82 Å². The van der Waals surface area contributed by atoms with E-state index in [4.69, 9.17) is 24.2 Å². The maximum absolute atomic E-state index is 12.5. The molecular formula is C23H25N5O4S. The van der Waals surface area contributed by atoms with Crippen molar-refractivity contribution in [3.63, 3.8) is 0 Å². The highest BCUT2D eigenvalue weighted by atomic mass is 32.1. The van der Waals surface area contributed by atoms with Crippen LogP contribution < -0.4 is 9.64 Å². The maximum Gasteiger partial charge on any atom is 0.246 e. The number of morpholine rings is 2. The summed E-state index contributed by atoms with van der Waals surface area (Å²) in [6.45, 7) is 5.29. The fourth-order valence-corrected chi connectivity index (χ4v) is 4.83. The molecule has 2 fully saturated rings.